The number of phenolic OH excluding ortho intramolecular Hbond substituents is 1. The van der Waals surface area contributed by atoms with Crippen LogP contribution >= 0.6 is 0 Å². The summed E-state index contributed by atoms with van der Waals surface area (Å²) in [5.41, 5.74) is 2.60. The van der Waals surface area contributed by atoms with Gasteiger partial charge in [-0.25, -0.2) is 0 Å². The molecular weight excluding hydrogens is 342 g/mol. The summed E-state index contributed by atoms with van der Waals surface area (Å²) in [4.78, 5) is 11.5. The first-order chi connectivity index (χ1) is 12.8. The summed E-state index contributed by atoms with van der Waals surface area (Å²) in [5.74, 6) is -0.170. The van der Waals surface area contributed by atoms with E-state index < -0.39 is 0 Å². The summed E-state index contributed by atoms with van der Waals surface area (Å²) in [6.07, 6.45) is 9.16. The van der Waals surface area contributed by atoms with Crippen LogP contribution < -0.4 is 5.12 Å². The monoisotopic (exact) mass is 369 g/mol. The van der Waals surface area contributed by atoms with Crippen molar-refractivity contribution >= 4 is 24.1 Å². The van der Waals surface area contributed by atoms with Crippen LogP contribution in [-0.2, 0) is 21.4 Å². The first-order valence-electron chi connectivity index (χ1n) is 8.87. The van der Waals surface area contributed by atoms with Crippen molar-refractivity contribution in [3.8, 4) is 5.75 Å². The summed E-state index contributed by atoms with van der Waals surface area (Å²) < 4.78 is 4.73. The molecule has 144 valence electrons. The Kier molecular flexibility index (Phi) is 6.55. The average Bonchev–Trinajstić information content (AvgIpc) is 2.65. The van der Waals surface area contributed by atoms with Gasteiger partial charge < -0.3 is 9.84 Å². The molecule has 0 bridgehead atoms. The Balaban J connectivity index is 2.48. The number of carbonyl (C=O) groups excluding carboxylic acids is 1. The SMILES string of the molecule is C=NN(/N=C1/C=CC=CC1)c1cc(CCC(=O)OC)cc(C(C)(C)C)c1O. The van der Waals surface area contributed by atoms with E-state index in [1.54, 1.807) is 6.07 Å². The van der Waals surface area contributed by atoms with Crippen LogP contribution in [0.3, 0.4) is 0 Å². The molecular formula is C21H27N3O3. The number of methoxy groups -OCH3 is 1. The van der Waals surface area contributed by atoms with Gasteiger partial charge in [-0.15, -0.1) is 5.12 Å². The molecule has 0 radical (unpaired) electrons. The molecule has 27 heavy (non-hydrogen) atoms. The second kappa shape index (κ2) is 8.66. The molecule has 0 aromatic heterocycles. The number of hydrogen-bond donors (Lipinski definition) is 1. The zero-order valence-electron chi connectivity index (χ0n) is 16.4. The van der Waals surface area contributed by atoms with E-state index >= 15 is 0 Å². The van der Waals surface area contributed by atoms with Gasteiger partial charge in [0.25, 0.3) is 0 Å². The zero-order chi connectivity index (χ0) is 20.0. The summed E-state index contributed by atoms with van der Waals surface area (Å²) in [5, 5.41) is 20.7. The first-order valence-corrected chi connectivity index (χ1v) is 8.87. The fourth-order valence-corrected chi connectivity index (χ4v) is 2.75. The van der Waals surface area contributed by atoms with Crippen LogP contribution in [0.5, 0.6) is 5.75 Å². The van der Waals surface area contributed by atoms with Crippen molar-refractivity contribution in [2.75, 3.05) is 12.2 Å². The van der Waals surface area contributed by atoms with Gasteiger partial charge in [-0.2, -0.15) is 10.2 Å². The third-order valence-electron chi connectivity index (χ3n) is 4.24. The maximum absolute atomic E-state index is 11.5. The number of esters is 1. The van der Waals surface area contributed by atoms with Gasteiger partial charge in [0, 0.05) is 25.1 Å². The van der Waals surface area contributed by atoms with Gasteiger partial charge in [-0.05, 0) is 29.5 Å². The van der Waals surface area contributed by atoms with E-state index in [1.807, 2.05) is 51.1 Å². The van der Waals surface area contributed by atoms with Crippen molar-refractivity contribution in [3.63, 3.8) is 0 Å². The lowest BCUT2D eigenvalue weighted by atomic mass is 9.84. The van der Waals surface area contributed by atoms with Crippen LogP contribution in [0, 0.1) is 0 Å². The van der Waals surface area contributed by atoms with E-state index in [2.05, 4.69) is 16.9 Å². The van der Waals surface area contributed by atoms with E-state index in [4.69, 9.17) is 4.74 Å². The number of carbonyl (C=O) groups is 1. The van der Waals surface area contributed by atoms with E-state index in [0.717, 1.165) is 16.8 Å². The van der Waals surface area contributed by atoms with Crippen LogP contribution in [0.2, 0.25) is 0 Å². The summed E-state index contributed by atoms with van der Waals surface area (Å²) in [7, 11) is 1.37. The first kappa shape index (κ1) is 20.4. The van der Waals surface area contributed by atoms with Gasteiger partial charge in [0.1, 0.15) is 11.4 Å². The molecule has 0 saturated carbocycles. The Hall–Kier alpha value is -2.89. The van der Waals surface area contributed by atoms with Gasteiger partial charge in [-0.3, -0.25) is 4.79 Å². The molecule has 6 nitrogen and oxygen atoms in total. The maximum atomic E-state index is 11.5. The fraction of sp³-hybridized carbons (Fsp3) is 0.381. The molecule has 1 aliphatic rings. The van der Waals surface area contributed by atoms with Crippen molar-refractivity contribution in [3.05, 3.63) is 47.6 Å². The minimum absolute atomic E-state index is 0.108. The Morgan fingerprint density at radius 3 is 2.63 bits per heavy atom. The van der Waals surface area contributed by atoms with Crippen molar-refractivity contribution < 1.29 is 14.6 Å². The molecule has 0 spiro atoms. The Bertz CT molecular complexity index is 802. The topological polar surface area (TPSA) is 74.5 Å². The van der Waals surface area contributed by atoms with Gasteiger partial charge in [0.05, 0.1) is 12.8 Å². The third kappa shape index (κ3) is 5.29. The number of hydrazone groups is 2. The molecule has 0 unspecified atom stereocenters. The van der Waals surface area contributed by atoms with Crippen molar-refractivity contribution in [2.24, 2.45) is 10.2 Å². The summed E-state index contributed by atoms with van der Waals surface area (Å²) in [6.45, 7) is 9.64. The van der Waals surface area contributed by atoms with Crippen LogP contribution in [-0.4, -0.2) is 30.6 Å². The average molecular weight is 369 g/mol. The third-order valence-corrected chi connectivity index (χ3v) is 4.24. The molecule has 1 aromatic rings. The minimum atomic E-state index is -0.298. The molecule has 2 rings (SSSR count). The number of anilines is 1. The standard InChI is InChI=1S/C21H27N3O3/c1-21(2,3)17-13-15(11-12-19(25)27-5)14-18(20(17)26)24(22-4)23-16-9-7-6-8-10-16/h6-9,13-14,26H,4,10-12H2,1-3,5H3/b23-16-. The smallest absolute Gasteiger partial charge is 0.305 e. The Morgan fingerprint density at radius 2 is 2.07 bits per heavy atom. The fourth-order valence-electron chi connectivity index (χ4n) is 2.75. The number of aryl methyl sites for hydroxylation is 1. The molecule has 1 aromatic carbocycles. The predicted octanol–water partition coefficient (Wildman–Crippen LogP) is 4.09. The normalized spacial score (nSPS) is 15.0. The van der Waals surface area contributed by atoms with Crippen molar-refractivity contribution in [1.82, 2.24) is 0 Å². The molecule has 0 fully saturated rings. The second-order valence-corrected chi connectivity index (χ2v) is 7.35. The number of aromatic hydroxyl groups is 1. The number of phenols is 1. The summed E-state index contributed by atoms with van der Waals surface area (Å²) in [6, 6.07) is 3.70. The van der Waals surface area contributed by atoms with E-state index in [0.29, 0.717) is 18.5 Å². The van der Waals surface area contributed by atoms with Crippen LogP contribution in [0.25, 0.3) is 0 Å². The van der Waals surface area contributed by atoms with Crippen LogP contribution in [0.1, 0.15) is 44.7 Å². The highest BCUT2D eigenvalue weighted by molar-refractivity contribution is 5.97. The number of ether oxygens (including phenoxy) is 1. The zero-order valence-corrected chi connectivity index (χ0v) is 16.4. The van der Waals surface area contributed by atoms with Crippen molar-refractivity contribution in [1.29, 1.82) is 0 Å². The molecule has 0 atom stereocenters. The quantitative estimate of drug-likeness (QED) is 0.466. The number of hydrogen-bond acceptors (Lipinski definition) is 6. The molecule has 1 aliphatic carbocycles. The Morgan fingerprint density at radius 1 is 1.33 bits per heavy atom. The van der Waals surface area contributed by atoms with Gasteiger partial charge in [0.2, 0.25) is 0 Å². The van der Waals surface area contributed by atoms with Gasteiger partial charge in [-0.1, -0.05) is 45.1 Å². The van der Waals surface area contributed by atoms with Gasteiger partial charge in [0.15, 0.2) is 0 Å². The van der Waals surface area contributed by atoms with E-state index in [1.165, 1.54) is 12.2 Å². The largest absolute Gasteiger partial charge is 0.505 e. The molecule has 0 saturated heterocycles. The Labute approximate surface area is 160 Å². The van der Waals surface area contributed by atoms with Crippen LogP contribution in [0.4, 0.5) is 5.69 Å². The number of benzene rings is 1. The summed E-state index contributed by atoms with van der Waals surface area (Å²) >= 11 is 0. The second-order valence-electron chi connectivity index (χ2n) is 7.35. The highest BCUT2D eigenvalue weighted by Crippen LogP contribution is 2.40. The van der Waals surface area contributed by atoms with Crippen LogP contribution in [0.15, 0.2) is 46.6 Å². The molecule has 1 N–H and O–H groups in total. The molecule has 0 heterocycles. The van der Waals surface area contributed by atoms with E-state index in [-0.39, 0.29) is 23.6 Å². The molecule has 6 heteroatoms. The highest BCUT2D eigenvalue weighted by Gasteiger charge is 2.24. The maximum Gasteiger partial charge on any atom is 0.305 e. The number of nitrogens with zero attached hydrogens (tertiary/aromatic N) is 3. The molecule has 0 aliphatic heterocycles. The number of allylic oxidation sites excluding steroid dienone is 4. The predicted molar refractivity (Wildman–Crippen MR) is 110 cm³/mol. The minimum Gasteiger partial charge on any atom is -0.505 e. The molecule has 0 amide bonds. The lowest BCUT2D eigenvalue weighted by Gasteiger charge is -2.25. The van der Waals surface area contributed by atoms with Gasteiger partial charge >= 0.3 is 5.97 Å². The number of rotatable bonds is 6. The van der Waals surface area contributed by atoms with E-state index in [9.17, 15) is 9.90 Å². The van der Waals surface area contributed by atoms with Crippen molar-refractivity contribution in [2.45, 2.75) is 45.4 Å². The lowest BCUT2D eigenvalue weighted by Crippen LogP contribution is -2.17. The lowest BCUT2D eigenvalue weighted by molar-refractivity contribution is -0.140. The highest BCUT2D eigenvalue weighted by atomic mass is 16.5.